The molecule has 0 saturated carbocycles. The van der Waals surface area contributed by atoms with Gasteiger partial charge in [0, 0.05) is 19.3 Å². The van der Waals surface area contributed by atoms with E-state index in [0.29, 0.717) is 18.0 Å². The van der Waals surface area contributed by atoms with E-state index in [2.05, 4.69) is 40.7 Å². The molecule has 0 radical (unpaired) electrons. The van der Waals surface area contributed by atoms with Crippen molar-refractivity contribution in [3.05, 3.63) is 65.2 Å². The third kappa shape index (κ3) is 6.23. The SMILES string of the molecule is CCNC(=NCc1cccc(C)c1)NCc1ccc(S(C)(=O)=O)cc1. The second-order valence-corrected chi connectivity index (χ2v) is 7.97. The van der Waals surface area contributed by atoms with Crippen molar-refractivity contribution in [1.29, 1.82) is 0 Å². The van der Waals surface area contributed by atoms with E-state index in [1.54, 1.807) is 12.1 Å². The summed E-state index contributed by atoms with van der Waals surface area (Å²) >= 11 is 0. The Morgan fingerprint density at radius 3 is 2.36 bits per heavy atom. The lowest BCUT2D eigenvalue weighted by atomic mass is 10.1. The van der Waals surface area contributed by atoms with Gasteiger partial charge >= 0.3 is 0 Å². The van der Waals surface area contributed by atoms with Crippen LogP contribution >= 0.6 is 0 Å². The van der Waals surface area contributed by atoms with Crippen LogP contribution in [0.1, 0.15) is 23.6 Å². The van der Waals surface area contributed by atoms with Crippen LogP contribution in [0.15, 0.2) is 58.4 Å². The molecule has 6 heteroatoms. The molecule has 0 atom stereocenters. The van der Waals surface area contributed by atoms with Crippen molar-refractivity contribution in [1.82, 2.24) is 10.6 Å². The number of hydrogen-bond acceptors (Lipinski definition) is 3. The van der Waals surface area contributed by atoms with E-state index < -0.39 is 9.84 Å². The van der Waals surface area contributed by atoms with Crippen molar-refractivity contribution in [2.75, 3.05) is 12.8 Å². The summed E-state index contributed by atoms with van der Waals surface area (Å²) in [5, 5.41) is 6.49. The van der Waals surface area contributed by atoms with Crippen LogP contribution in [0.4, 0.5) is 0 Å². The van der Waals surface area contributed by atoms with Crippen LogP contribution in [0.25, 0.3) is 0 Å². The molecule has 134 valence electrons. The zero-order valence-electron chi connectivity index (χ0n) is 14.9. The Hall–Kier alpha value is -2.34. The maximum atomic E-state index is 11.5. The fraction of sp³-hybridized carbons (Fsp3) is 0.316. The van der Waals surface area contributed by atoms with Gasteiger partial charge in [0.05, 0.1) is 11.4 Å². The molecule has 0 saturated heterocycles. The van der Waals surface area contributed by atoms with Gasteiger partial charge in [0.15, 0.2) is 15.8 Å². The number of hydrogen-bond donors (Lipinski definition) is 2. The highest BCUT2D eigenvalue weighted by molar-refractivity contribution is 7.90. The maximum absolute atomic E-state index is 11.5. The molecule has 0 aliphatic rings. The predicted molar refractivity (Wildman–Crippen MR) is 102 cm³/mol. The average molecular weight is 359 g/mol. The van der Waals surface area contributed by atoms with Crippen molar-refractivity contribution in [2.45, 2.75) is 31.8 Å². The van der Waals surface area contributed by atoms with E-state index in [0.717, 1.165) is 23.6 Å². The normalized spacial score (nSPS) is 12.0. The lowest BCUT2D eigenvalue weighted by Crippen LogP contribution is -2.36. The van der Waals surface area contributed by atoms with Crippen molar-refractivity contribution in [3.8, 4) is 0 Å². The van der Waals surface area contributed by atoms with Gasteiger partial charge in [-0.15, -0.1) is 0 Å². The average Bonchev–Trinajstić information content (AvgIpc) is 2.57. The smallest absolute Gasteiger partial charge is 0.191 e. The highest BCUT2D eigenvalue weighted by Crippen LogP contribution is 2.10. The molecule has 0 spiro atoms. The summed E-state index contributed by atoms with van der Waals surface area (Å²) in [5.74, 6) is 0.733. The summed E-state index contributed by atoms with van der Waals surface area (Å²) in [7, 11) is -3.16. The van der Waals surface area contributed by atoms with Crippen molar-refractivity contribution < 1.29 is 8.42 Å². The topological polar surface area (TPSA) is 70.6 Å². The van der Waals surface area contributed by atoms with Crippen LogP contribution in [-0.2, 0) is 22.9 Å². The molecule has 0 bridgehead atoms. The second-order valence-electron chi connectivity index (χ2n) is 5.95. The highest BCUT2D eigenvalue weighted by atomic mass is 32.2. The summed E-state index contributed by atoms with van der Waals surface area (Å²) in [4.78, 5) is 4.93. The number of nitrogens with zero attached hydrogens (tertiary/aromatic N) is 1. The van der Waals surface area contributed by atoms with Gasteiger partial charge in [-0.25, -0.2) is 13.4 Å². The van der Waals surface area contributed by atoms with Gasteiger partial charge in [-0.1, -0.05) is 42.0 Å². The van der Waals surface area contributed by atoms with Crippen molar-refractivity contribution in [3.63, 3.8) is 0 Å². The van der Waals surface area contributed by atoms with Gasteiger partial charge in [-0.2, -0.15) is 0 Å². The molecule has 0 heterocycles. The highest BCUT2D eigenvalue weighted by Gasteiger charge is 2.06. The first-order valence-electron chi connectivity index (χ1n) is 8.25. The molecule has 2 rings (SSSR count). The summed E-state index contributed by atoms with van der Waals surface area (Å²) in [6, 6.07) is 15.2. The Labute approximate surface area is 150 Å². The minimum Gasteiger partial charge on any atom is -0.357 e. The summed E-state index contributed by atoms with van der Waals surface area (Å²) < 4.78 is 23.0. The first-order valence-corrected chi connectivity index (χ1v) is 10.1. The van der Waals surface area contributed by atoms with Crippen molar-refractivity contribution in [2.24, 2.45) is 4.99 Å². The van der Waals surface area contributed by atoms with E-state index in [-0.39, 0.29) is 0 Å². The molecule has 0 fully saturated rings. The number of aryl methyl sites for hydroxylation is 1. The van der Waals surface area contributed by atoms with Crippen LogP contribution in [0.5, 0.6) is 0 Å². The summed E-state index contributed by atoms with van der Waals surface area (Å²) in [6.45, 7) is 6.03. The lowest BCUT2D eigenvalue weighted by Gasteiger charge is -2.12. The van der Waals surface area contributed by atoms with Gasteiger partial charge in [-0.05, 0) is 37.1 Å². The molecule has 2 aromatic carbocycles. The fourth-order valence-electron chi connectivity index (χ4n) is 2.36. The van der Waals surface area contributed by atoms with E-state index in [4.69, 9.17) is 0 Å². The molecule has 0 unspecified atom stereocenters. The van der Waals surface area contributed by atoms with Gasteiger partial charge in [0.1, 0.15) is 0 Å². The molecule has 0 amide bonds. The zero-order chi connectivity index (χ0) is 18.3. The minimum absolute atomic E-state index is 0.330. The number of aliphatic imine (C=N–C) groups is 1. The van der Waals surface area contributed by atoms with E-state index in [9.17, 15) is 8.42 Å². The van der Waals surface area contributed by atoms with Crippen LogP contribution in [0.2, 0.25) is 0 Å². The molecule has 25 heavy (non-hydrogen) atoms. The standard InChI is InChI=1S/C19H25N3O2S/c1-4-20-19(22-14-17-7-5-6-15(2)12-17)21-13-16-8-10-18(11-9-16)25(3,23)24/h5-12H,4,13-14H2,1-3H3,(H2,20,21,22). The second kappa shape index (κ2) is 8.67. The Bertz CT molecular complexity index is 828. The quantitative estimate of drug-likeness (QED) is 0.614. The van der Waals surface area contributed by atoms with Crippen LogP contribution in [0, 0.1) is 6.92 Å². The minimum atomic E-state index is -3.16. The monoisotopic (exact) mass is 359 g/mol. The summed E-state index contributed by atoms with van der Waals surface area (Å²) in [5.41, 5.74) is 3.37. The molecule has 2 N–H and O–H groups in total. The number of benzene rings is 2. The Morgan fingerprint density at radius 2 is 1.76 bits per heavy atom. The van der Waals surface area contributed by atoms with Gasteiger partial charge in [-0.3, -0.25) is 0 Å². The molecule has 0 aliphatic carbocycles. The van der Waals surface area contributed by atoms with Crippen molar-refractivity contribution >= 4 is 15.8 Å². The van der Waals surface area contributed by atoms with Gasteiger partial charge < -0.3 is 10.6 Å². The number of nitrogens with one attached hydrogen (secondary N) is 2. The van der Waals surface area contributed by atoms with E-state index in [1.165, 1.54) is 11.8 Å². The number of rotatable bonds is 6. The first-order chi connectivity index (χ1) is 11.9. The molecule has 5 nitrogen and oxygen atoms in total. The first kappa shape index (κ1) is 19.0. The van der Waals surface area contributed by atoms with Crippen LogP contribution < -0.4 is 10.6 Å². The molecule has 0 aliphatic heterocycles. The summed E-state index contributed by atoms with van der Waals surface area (Å²) in [6.07, 6.45) is 1.21. The number of sulfone groups is 1. The lowest BCUT2D eigenvalue weighted by molar-refractivity contribution is 0.602. The van der Waals surface area contributed by atoms with Gasteiger partial charge in [0.2, 0.25) is 0 Å². The number of guanidine groups is 1. The maximum Gasteiger partial charge on any atom is 0.191 e. The fourth-order valence-corrected chi connectivity index (χ4v) is 2.99. The van der Waals surface area contributed by atoms with E-state index in [1.807, 2.05) is 25.1 Å². The molecular weight excluding hydrogens is 334 g/mol. The Morgan fingerprint density at radius 1 is 1.04 bits per heavy atom. The predicted octanol–water partition coefficient (Wildman–Crippen LogP) is 2.65. The van der Waals surface area contributed by atoms with Crippen LogP contribution in [0.3, 0.4) is 0 Å². The molecule has 0 aromatic heterocycles. The molecular formula is C19H25N3O2S. The Balaban J connectivity index is 2.00. The molecule has 2 aromatic rings. The third-order valence-corrected chi connectivity index (χ3v) is 4.79. The zero-order valence-corrected chi connectivity index (χ0v) is 15.7. The third-order valence-electron chi connectivity index (χ3n) is 3.66. The van der Waals surface area contributed by atoms with Crippen LogP contribution in [-0.4, -0.2) is 27.2 Å². The van der Waals surface area contributed by atoms with Gasteiger partial charge in [0.25, 0.3) is 0 Å². The van der Waals surface area contributed by atoms with E-state index >= 15 is 0 Å². The Kier molecular flexibility index (Phi) is 6.58. The largest absolute Gasteiger partial charge is 0.357 e.